The number of carboxylic acids is 1. The highest BCUT2D eigenvalue weighted by atomic mass is 16.6. The summed E-state index contributed by atoms with van der Waals surface area (Å²) in [5.41, 5.74) is 1.36. The molecule has 4 heterocycles. The van der Waals surface area contributed by atoms with Gasteiger partial charge in [0.15, 0.2) is 0 Å². The highest BCUT2D eigenvalue weighted by Gasteiger charge is 2.26. The van der Waals surface area contributed by atoms with Gasteiger partial charge >= 0.3 is 12.1 Å². The van der Waals surface area contributed by atoms with E-state index in [9.17, 15) is 19.5 Å². The fourth-order valence-electron chi connectivity index (χ4n) is 4.50. The zero-order valence-electron chi connectivity index (χ0n) is 24.5. The van der Waals surface area contributed by atoms with Crippen LogP contribution in [0.4, 0.5) is 27.9 Å². The topological polar surface area (TPSA) is 163 Å². The smallest absolute Gasteiger partial charge is 0.410 e. The molecule has 1 aliphatic heterocycles. The third-order valence-electron chi connectivity index (χ3n) is 6.57. The molecule has 5 rings (SSSR count). The molecule has 13 nitrogen and oxygen atoms in total. The van der Waals surface area contributed by atoms with Gasteiger partial charge in [-0.25, -0.2) is 24.5 Å². The number of amides is 2. The van der Waals surface area contributed by atoms with Gasteiger partial charge in [0.1, 0.15) is 23.1 Å². The second-order valence-electron chi connectivity index (χ2n) is 11.0. The quantitative estimate of drug-likeness (QED) is 0.271. The molecule has 4 aromatic rings. The SMILES string of the molecule is CC(C)(C)OC(=O)N1CCN(c2cc(-c3cc(NC(=O)c4cccc(C(=O)O)c4)cc(Nc4cnccn4)n3)ccn2)CC1. The highest BCUT2D eigenvalue weighted by Crippen LogP contribution is 2.28. The van der Waals surface area contributed by atoms with Crippen LogP contribution in [-0.4, -0.2) is 79.7 Å². The number of carbonyl (C=O) groups is 3. The number of rotatable bonds is 7. The van der Waals surface area contributed by atoms with Gasteiger partial charge in [-0.15, -0.1) is 0 Å². The maximum Gasteiger partial charge on any atom is 0.410 e. The third-order valence-corrected chi connectivity index (χ3v) is 6.57. The molecule has 1 fully saturated rings. The summed E-state index contributed by atoms with van der Waals surface area (Å²) < 4.78 is 5.51. The number of nitrogens with one attached hydrogen (secondary N) is 2. The van der Waals surface area contributed by atoms with E-state index in [0.717, 1.165) is 11.4 Å². The molecule has 226 valence electrons. The number of anilines is 4. The molecule has 1 aromatic carbocycles. The Morgan fingerprint density at radius 2 is 1.66 bits per heavy atom. The minimum Gasteiger partial charge on any atom is -0.478 e. The van der Waals surface area contributed by atoms with Crippen molar-refractivity contribution in [2.45, 2.75) is 26.4 Å². The lowest BCUT2D eigenvalue weighted by atomic mass is 10.1. The molecule has 0 bridgehead atoms. The average Bonchev–Trinajstić information content (AvgIpc) is 3.01. The Kier molecular flexibility index (Phi) is 8.65. The molecule has 0 spiro atoms. The molecule has 0 atom stereocenters. The first-order valence-electron chi connectivity index (χ1n) is 13.9. The molecule has 1 saturated heterocycles. The monoisotopic (exact) mass is 596 g/mol. The number of nitrogens with zero attached hydrogens (tertiary/aromatic N) is 6. The Labute approximate surface area is 254 Å². The van der Waals surface area contributed by atoms with Gasteiger partial charge < -0.3 is 30.3 Å². The van der Waals surface area contributed by atoms with Crippen LogP contribution in [-0.2, 0) is 4.74 Å². The first-order chi connectivity index (χ1) is 21.0. The number of carbonyl (C=O) groups excluding carboxylic acids is 2. The fourth-order valence-corrected chi connectivity index (χ4v) is 4.50. The number of pyridine rings is 2. The molecule has 1 aliphatic rings. The van der Waals surface area contributed by atoms with Crippen molar-refractivity contribution in [3.05, 3.63) is 84.4 Å². The Morgan fingerprint density at radius 1 is 0.886 bits per heavy atom. The van der Waals surface area contributed by atoms with Crippen LogP contribution in [0.2, 0.25) is 0 Å². The van der Waals surface area contributed by atoms with Crippen molar-refractivity contribution in [1.29, 1.82) is 0 Å². The number of aromatic nitrogens is 4. The predicted octanol–water partition coefficient (Wildman–Crippen LogP) is 4.68. The molecule has 0 aliphatic carbocycles. The maximum atomic E-state index is 13.1. The van der Waals surface area contributed by atoms with Crippen LogP contribution in [0.3, 0.4) is 0 Å². The lowest BCUT2D eigenvalue weighted by Crippen LogP contribution is -2.50. The van der Waals surface area contributed by atoms with Gasteiger partial charge in [0.25, 0.3) is 5.91 Å². The zero-order chi connectivity index (χ0) is 31.3. The molecular weight excluding hydrogens is 564 g/mol. The molecule has 2 amide bonds. The minimum absolute atomic E-state index is 0.00863. The van der Waals surface area contributed by atoms with Gasteiger partial charge in [-0.05, 0) is 57.2 Å². The van der Waals surface area contributed by atoms with E-state index >= 15 is 0 Å². The molecule has 44 heavy (non-hydrogen) atoms. The van der Waals surface area contributed by atoms with Crippen LogP contribution in [0, 0.1) is 0 Å². The summed E-state index contributed by atoms with van der Waals surface area (Å²) in [6.07, 6.45) is 6.00. The van der Waals surface area contributed by atoms with Gasteiger partial charge in [-0.2, -0.15) is 0 Å². The lowest BCUT2D eigenvalue weighted by Gasteiger charge is -2.36. The summed E-state index contributed by atoms with van der Waals surface area (Å²) in [5, 5.41) is 15.3. The lowest BCUT2D eigenvalue weighted by molar-refractivity contribution is 0.0240. The molecule has 13 heteroatoms. The molecule has 0 unspecified atom stereocenters. The molecule has 3 N–H and O–H groups in total. The fraction of sp³-hybridized carbons (Fsp3) is 0.258. The first kappa shape index (κ1) is 29.9. The number of hydrogen-bond donors (Lipinski definition) is 3. The van der Waals surface area contributed by atoms with Crippen molar-refractivity contribution in [3.63, 3.8) is 0 Å². The Hall–Kier alpha value is -5.59. The molecular formula is C31H32N8O5. The summed E-state index contributed by atoms with van der Waals surface area (Å²) in [4.78, 5) is 58.4. The Morgan fingerprint density at radius 3 is 2.36 bits per heavy atom. The normalized spacial score (nSPS) is 13.2. The number of aromatic carboxylic acids is 1. The van der Waals surface area contributed by atoms with Crippen molar-refractivity contribution < 1.29 is 24.2 Å². The van der Waals surface area contributed by atoms with Crippen LogP contribution >= 0.6 is 0 Å². The van der Waals surface area contributed by atoms with E-state index in [1.165, 1.54) is 18.2 Å². The van der Waals surface area contributed by atoms with Gasteiger partial charge in [0, 0.05) is 67.7 Å². The number of piperazine rings is 1. The average molecular weight is 597 g/mol. The van der Waals surface area contributed by atoms with Crippen LogP contribution in [0.1, 0.15) is 41.5 Å². The zero-order valence-corrected chi connectivity index (χ0v) is 24.5. The molecule has 3 aromatic heterocycles. The Balaban J connectivity index is 1.39. The van der Waals surface area contributed by atoms with E-state index in [-0.39, 0.29) is 17.2 Å². The van der Waals surface area contributed by atoms with Crippen molar-refractivity contribution in [3.8, 4) is 11.3 Å². The second-order valence-corrected chi connectivity index (χ2v) is 11.0. The first-order valence-corrected chi connectivity index (χ1v) is 13.9. The third kappa shape index (κ3) is 7.62. The van der Waals surface area contributed by atoms with Gasteiger partial charge in [0.05, 0.1) is 17.5 Å². The number of benzene rings is 1. The van der Waals surface area contributed by atoms with Crippen molar-refractivity contribution in [2.24, 2.45) is 0 Å². The predicted molar refractivity (Wildman–Crippen MR) is 164 cm³/mol. The van der Waals surface area contributed by atoms with Gasteiger partial charge in [0.2, 0.25) is 0 Å². The summed E-state index contributed by atoms with van der Waals surface area (Å²) >= 11 is 0. The standard InChI is InChI=1S/C31H32N8O5/c1-31(2,3)44-30(43)39-13-11-38(12-14-39)27-16-20(7-8-34-27)24-17-23(18-25(36-24)37-26-19-32-9-10-33-26)35-28(40)21-5-4-6-22(15-21)29(41)42/h4-10,15-19H,11-14H2,1-3H3,(H,41,42)(H2,33,35,36,37,40). The summed E-state index contributed by atoms with van der Waals surface area (Å²) in [7, 11) is 0. The molecule has 0 saturated carbocycles. The highest BCUT2D eigenvalue weighted by molar-refractivity contribution is 6.06. The van der Waals surface area contributed by atoms with E-state index in [2.05, 4.69) is 30.5 Å². The largest absolute Gasteiger partial charge is 0.478 e. The summed E-state index contributed by atoms with van der Waals surface area (Å²) in [6, 6.07) is 12.9. The Bertz CT molecular complexity index is 1670. The van der Waals surface area contributed by atoms with Crippen molar-refractivity contribution >= 4 is 41.1 Å². The van der Waals surface area contributed by atoms with Crippen molar-refractivity contribution in [2.75, 3.05) is 41.7 Å². The van der Waals surface area contributed by atoms with Crippen molar-refractivity contribution in [1.82, 2.24) is 24.8 Å². The van der Waals surface area contributed by atoms with Gasteiger partial charge in [-0.1, -0.05) is 6.07 Å². The van der Waals surface area contributed by atoms with E-state index < -0.39 is 17.5 Å². The van der Waals surface area contributed by atoms with E-state index in [1.807, 2.05) is 32.9 Å². The number of carboxylic acid groups (broad SMARTS) is 1. The van der Waals surface area contributed by atoms with Gasteiger partial charge in [-0.3, -0.25) is 9.78 Å². The maximum absolute atomic E-state index is 13.1. The van der Waals surface area contributed by atoms with E-state index in [1.54, 1.807) is 47.9 Å². The van der Waals surface area contributed by atoms with Crippen LogP contribution < -0.4 is 15.5 Å². The van der Waals surface area contributed by atoms with Crippen LogP contribution in [0.5, 0.6) is 0 Å². The van der Waals surface area contributed by atoms with Crippen LogP contribution in [0.15, 0.2) is 73.3 Å². The van der Waals surface area contributed by atoms with Crippen LogP contribution in [0.25, 0.3) is 11.3 Å². The number of ether oxygens (including phenoxy) is 1. The molecule has 0 radical (unpaired) electrons. The summed E-state index contributed by atoms with van der Waals surface area (Å²) in [6.45, 7) is 7.68. The number of hydrogen-bond acceptors (Lipinski definition) is 10. The second kappa shape index (κ2) is 12.7. The minimum atomic E-state index is -1.12. The summed E-state index contributed by atoms with van der Waals surface area (Å²) in [5.74, 6) is -0.0182. The van der Waals surface area contributed by atoms with E-state index in [4.69, 9.17) is 9.72 Å². The van der Waals surface area contributed by atoms with E-state index in [0.29, 0.717) is 49.2 Å².